The lowest BCUT2D eigenvalue weighted by Gasteiger charge is -2.07. The third kappa shape index (κ3) is 3.80. The van der Waals surface area contributed by atoms with Crippen molar-refractivity contribution in [3.05, 3.63) is 27.7 Å². The molecule has 120 valence electrons. The number of hydrogen-bond acceptors (Lipinski definition) is 4. The zero-order chi connectivity index (χ0) is 16.3. The molecule has 5 nitrogen and oxygen atoms in total. The van der Waals surface area contributed by atoms with Gasteiger partial charge >= 0.3 is 11.9 Å². The van der Waals surface area contributed by atoms with Crippen LogP contribution >= 0.6 is 15.9 Å². The summed E-state index contributed by atoms with van der Waals surface area (Å²) in [6.45, 7) is 6.13. The Morgan fingerprint density at radius 3 is 2.86 bits per heavy atom. The molecule has 1 aromatic heterocycles. The number of esters is 2. The van der Waals surface area contributed by atoms with Gasteiger partial charge in [-0.25, -0.2) is 4.79 Å². The minimum Gasteiger partial charge on any atom is -0.461 e. The van der Waals surface area contributed by atoms with Gasteiger partial charge in [0.25, 0.3) is 0 Å². The zero-order valence-electron chi connectivity index (χ0n) is 13.0. The van der Waals surface area contributed by atoms with E-state index < -0.39 is 5.41 Å². The van der Waals surface area contributed by atoms with E-state index in [2.05, 4.69) is 20.9 Å². The third-order valence-corrected chi connectivity index (χ3v) is 4.10. The molecule has 1 N–H and O–H groups in total. The monoisotopic (exact) mass is 369 g/mol. The van der Waals surface area contributed by atoms with Gasteiger partial charge in [0.05, 0.1) is 17.7 Å². The van der Waals surface area contributed by atoms with Crippen LogP contribution in [0.2, 0.25) is 0 Å². The van der Waals surface area contributed by atoms with Crippen molar-refractivity contribution in [2.24, 2.45) is 5.41 Å². The number of aromatic amines is 1. The summed E-state index contributed by atoms with van der Waals surface area (Å²) in [5, 5.41) is 0. The van der Waals surface area contributed by atoms with Crippen LogP contribution in [0.4, 0.5) is 0 Å². The third-order valence-electron chi connectivity index (χ3n) is 3.45. The lowest BCUT2D eigenvalue weighted by atomic mass is 9.91. The molecule has 0 aromatic carbocycles. The van der Waals surface area contributed by atoms with Crippen LogP contribution in [0.25, 0.3) is 6.08 Å². The molecule has 2 rings (SSSR count). The van der Waals surface area contributed by atoms with Crippen LogP contribution < -0.4 is 0 Å². The number of carbonyl (C=O) groups excluding carboxylic acids is 2. The highest BCUT2D eigenvalue weighted by Gasteiger charge is 2.38. The predicted octanol–water partition coefficient (Wildman–Crippen LogP) is 4.05. The van der Waals surface area contributed by atoms with Crippen LogP contribution in [0.5, 0.6) is 0 Å². The fourth-order valence-corrected chi connectivity index (χ4v) is 2.53. The van der Waals surface area contributed by atoms with E-state index in [1.54, 1.807) is 12.1 Å². The molecular formula is C16H20BrNO4. The Kier molecular flexibility index (Phi) is 5.11. The fraction of sp³-hybridized carbons (Fsp3) is 0.500. The van der Waals surface area contributed by atoms with E-state index in [-0.39, 0.29) is 11.9 Å². The number of carbonyl (C=O) groups is 2. The highest BCUT2D eigenvalue weighted by Crippen LogP contribution is 2.36. The molecule has 6 heteroatoms. The first-order valence-corrected chi connectivity index (χ1v) is 8.11. The van der Waals surface area contributed by atoms with E-state index in [0.717, 1.165) is 17.3 Å². The molecule has 2 heterocycles. The first-order chi connectivity index (χ1) is 10.3. The Hall–Kier alpha value is -1.56. The number of ether oxygens (including phenoxy) is 2. The average Bonchev–Trinajstić information content (AvgIpc) is 2.91. The van der Waals surface area contributed by atoms with Crippen LogP contribution in [-0.2, 0) is 14.3 Å². The number of hydrogen-bond donors (Lipinski definition) is 1. The predicted molar refractivity (Wildman–Crippen MR) is 86.2 cm³/mol. The quantitative estimate of drug-likeness (QED) is 0.627. The summed E-state index contributed by atoms with van der Waals surface area (Å²) in [6, 6.07) is 1.67. The summed E-state index contributed by atoms with van der Waals surface area (Å²) in [7, 11) is 0. The molecule has 1 saturated heterocycles. The molecule has 22 heavy (non-hydrogen) atoms. The Bertz CT molecular complexity index is 616. The molecule has 0 spiro atoms. The van der Waals surface area contributed by atoms with Crippen LogP contribution in [0.1, 0.15) is 56.2 Å². The molecule has 0 aliphatic carbocycles. The van der Waals surface area contributed by atoms with Crippen molar-refractivity contribution >= 4 is 33.9 Å². The molecule has 0 saturated carbocycles. The summed E-state index contributed by atoms with van der Waals surface area (Å²) in [6.07, 6.45) is 4.09. The number of aromatic nitrogens is 1. The molecule has 0 amide bonds. The van der Waals surface area contributed by atoms with Crippen molar-refractivity contribution in [3.63, 3.8) is 0 Å². The second-order valence-electron chi connectivity index (χ2n) is 5.99. The van der Waals surface area contributed by atoms with Crippen LogP contribution in [0, 0.1) is 5.41 Å². The van der Waals surface area contributed by atoms with Gasteiger partial charge in [0.15, 0.2) is 0 Å². The Morgan fingerprint density at radius 2 is 2.27 bits per heavy atom. The smallest absolute Gasteiger partial charge is 0.354 e. The molecule has 1 aliphatic heterocycles. The first-order valence-electron chi connectivity index (χ1n) is 7.32. The fourth-order valence-electron chi connectivity index (χ4n) is 2.09. The van der Waals surface area contributed by atoms with E-state index in [0.29, 0.717) is 30.2 Å². The minimum atomic E-state index is -0.507. The maximum absolute atomic E-state index is 11.9. The van der Waals surface area contributed by atoms with Gasteiger partial charge in [-0.1, -0.05) is 13.3 Å². The van der Waals surface area contributed by atoms with E-state index in [1.165, 1.54) is 0 Å². The summed E-state index contributed by atoms with van der Waals surface area (Å²) < 4.78 is 11.1. The first kappa shape index (κ1) is 16.8. The molecule has 1 fully saturated rings. The van der Waals surface area contributed by atoms with Gasteiger partial charge in [0.2, 0.25) is 0 Å². The van der Waals surface area contributed by atoms with Gasteiger partial charge in [0, 0.05) is 17.0 Å². The zero-order valence-corrected chi connectivity index (χ0v) is 14.6. The number of rotatable bonds is 5. The Labute approximate surface area is 138 Å². The van der Waals surface area contributed by atoms with Crippen molar-refractivity contribution in [2.45, 2.75) is 40.0 Å². The summed E-state index contributed by atoms with van der Waals surface area (Å²) in [5.74, 6) is -0.0355. The van der Waals surface area contributed by atoms with Gasteiger partial charge < -0.3 is 14.5 Å². The van der Waals surface area contributed by atoms with Gasteiger partial charge in [-0.3, -0.25) is 4.79 Å². The highest BCUT2D eigenvalue weighted by atomic mass is 79.9. The van der Waals surface area contributed by atoms with Gasteiger partial charge in [-0.15, -0.1) is 0 Å². The van der Waals surface area contributed by atoms with E-state index >= 15 is 0 Å². The molecular weight excluding hydrogens is 350 g/mol. The van der Waals surface area contributed by atoms with E-state index in [1.807, 2.05) is 20.8 Å². The topological polar surface area (TPSA) is 68.4 Å². The lowest BCUT2D eigenvalue weighted by molar-refractivity contribution is -0.142. The summed E-state index contributed by atoms with van der Waals surface area (Å²) >= 11 is 3.39. The minimum absolute atomic E-state index is 0.236. The maximum atomic E-state index is 11.9. The van der Waals surface area contributed by atoms with Gasteiger partial charge in [-0.2, -0.15) is 0 Å². The van der Waals surface area contributed by atoms with Crippen molar-refractivity contribution < 1.29 is 19.1 Å². The number of halogens is 1. The van der Waals surface area contributed by atoms with Gasteiger partial charge in [0.1, 0.15) is 11.5 Å². The molecule has 0 bridgehead atoms. The van der Waals surface area contributed by atoms with Crippen molar-refractivity contribution in [3.8, 4) is 0 Å². The standard InChI is InChI=1S/C16H20BrNO4/c1-4-5-6-21-14(19)13-8-11(17)12(18-13)7-10-9-16(2,3)15(20)22-10/h7-8,18H,4-6,9H2,1-3H3/b10-7+. The number of unbranched alkanes of at least 4 members (excludes halogenated alkanes) is 1. The number of H-pyrrole nitrogens is 1. The SMILES string of the molecule is CCCCOC(=O)c1cc(Br)c(/C=C2\CC(C)(C)C(=O)O2)[nH]1. The molecule has 0 atom stereocenters. The van der Waals surface area contributed by atoms with Crippen molar-refractivity contribution in [2.75, 3.05) is 6.61 Å². The second-order valence-corrected chi connectivity index (χ2v) is 6.85. The van der Waals surface area contributed by atoms with E-state index in [9.17, 15) is 9.59 Å². The van der Waals surface area contributed by atoms with Crippen LogP contribution in [0.15, 0.2) is 16.3 Å². The largest absolute Gasteiger partial charge is 0.461 e. The van der Waals surface area contributed by atoms with Crippen molar-refractivity contribution in [1.29, 1.82) is 0 Å². The number of nitrogens with one attached hydrogen (secondary N) is 1. The number of allylic oxidation sites excluding steroid dienone is 1. The van der Waals surface area contributed by atoms with Crippen LogP contribution in [0.3, 0.4) is 0 Å². The van der Waals surface area contributed by atoms with Gasteiger partial charge in [-0.05, 0) is 42.3 Å². The van der Waals surface area contributed by atoms with Crippen molar-refractivity contribution in [1.82, 2.24) is 4.98 Å². The molecule has 0 unspecified atom stereocenters. The normalized spacial score (nSPS) is 18.5. The Morgan fingerprint density at radius 1 is 1.55 bits per heavy atom. The Balaban J connectivity index is 2.11. The maximum Gasteiger partial charge on any atom is 0.354 e. The van der Waals surface area contributed by atoms with E-state index in [4.69, 9.17) is 9.47 Å². The average molecular weight is 370 g/mol. The summed E-state index contributed by atoms with van der Waals surface area (Å²) in [5.41, 5.74) is 0.550. The number of cyclic esters (lactones) is 1. The molecule has 0 radical (unpaired) electrons. The summed E-state index contributed by atoms with van der Waals surface area (Å²) in [4.78, 5) is 26.6. The lowest BCUT2D eigenvalue weighted by Crippen LogP contribution is -2.16. The molecule has 1 aromatic rings. The highest BCUT2D eigenvalue weighted by molar-refractivity contribution is 9.10. The molecule has 1 aliphatic rings. The van der Waals surface area contributed by atoms with Crippen LogP contribution in [-0.4, -0.2) is 23.5 Å². The second kappa shape index (κ2) is 6.69.